The number of nitrogens with zero attached hydrogens (tertiary/aromatic N) is 1. The molecule has 150 valence electrons. The monoisotopic (exact) mass is 386 g/mol. The molecule has 0 spiro atoms. The molecule has 0 unspecified atom stereocenters. The summed E-state index contributed by atoms with van der Waals surface area (Å²) in [5, 5.41) is 2.73. The van der Waals surface area contributed by atoms with E-state index in [2.05, 4.69) is 5.32 Å². The molecule has 2 aromatic carbocycles. The fraction of sp³-hybridized carbons (Fsp3) is 0.333. The van der Waals surface area contributed by atoms with E-state index in [1.54, 1.807) is 25.3 Å². The van der Waals surface area contributed by atoms with Crippen molar-refractivity contribution >= 4 is 17.6 Å². The average molecular weight is 386 g/mol. The molecule has 7 heteroatoms. The van der Waals surface area contributed by atoms with Gasteiger partial charge in [0.2, 0.25) is 0 Å². The van der Waals surface area contributed by atoms with E-state index in [-0.39, 0.29) is 18.9 Å². The number of hydrogen-bond donors (Lipinski definition) is 1. The summed E-state index contributed by atoms with van der Waals surface area (Å²) in [7, 11) is 7.00. The first kappa shape index (κ1) is 21.1. The predicted octanol–water partition coefficient (Wildman–Crippen LogP) is 2.17. The second-order valence-electron chi connectivity index (χ2n) is 6.35. The number of amides is 1. The maximum Gasteiger partial charge on any atom is 0.310 e. The average Bonchev–Trinajstić information content (AvgIpc) is 2.71. The lowest BCUT2D eigenvalue weighted by atomic mass is 10.1. The molecule has 0 bridgehead atoms. The van der Waals surface area contributed by atoms with E-state index in [0.717, 1.165) is 11.3 Å². The second-order valence-corrected chi connectivity index (χ2v) is 6.35. The van der Waals surface area contributed by atoms with E-state index in [0.29, 0.717) is 23.6 Å². The summed E-state index contributed by atoms with van der Waals surface area (Å²) in [6, 6.07) is 13.0. The highest BCUT2D eigenvalue weighted by Crippen LogP contribution is 2.25. The zero-order valence-corrected chi connectivity index (χ0v) is 16.7. The SMILES string of the molecule is COc1ccc(CC(=O)OCC(=O)NCc2ccc(N(C)C)cc2)c(OC)c1. The van der Waals surface area contributed by atoms with Crippen LogP contribution in [0.2, 0.25) is 0 Å². The minimum atomic E-state index is -0.506. The maximum atomic E-state index is 12.0. The summed E-state index contributed by atoms with van der Waals surface area (Å²) in [4.78, 5) is 25.9. The van der Waals surface area contributed by atoms with Crippen LogP contribution in [-0.4, -0.2) is 46.8 Å². The van der Waals surface area contributed by atoms with Crippen molar-refractivity contribution in [2.75, 3.05) is 39.8 Å². The third-order valence-electron chi connectivity index (χ3n) is 4.14. The van der Waals surface area contributed by atoms with Crippen LogP contribution >= 0.6 is 0 Å². The summed E-state index contributed by atoms with van der Waals surface area (Å²) < 4.78 is 15.4. The highest BCUT2D eigenvalue weighted by Gasteiger charge is 2.13. The molecule has 0 saturated carbocycles. The number of anilines is 1. The van der Waals surface area contributed by atoms with E-state index in [1.165, 1.54) is 7.11 Å². The molecule has 28 heavy (non-hydrogen) atoms. The first-order valence-corrected chi connectivity index (χ1v) is 8.82. The van der Waals surface area contributed by atoms with Crippen LogP contribution in [0.4, 0.5) is 5.69 Å². The number of carbonyl (C=O) groups excluding carboxylic acids is 2. The number of rotatable bonds is 9. The highest BCUT2D eigenvalue weighted by molar-refractivity contribution is 5.81. The van der Waals surface area contributed by atoms with E-state index in [1.807, 2.05) is 43.3 Å². The molecule has 0 radical (unpaired) electrons. The Bertz CT molecular complexity index is 803. The Balaban J connectivity index is 1.78. The minimum Gasteiger partial charge on any atom is -0.497 e. The number of nitrogens with one attached hydrogen (secondary N) is 1. The standard InChI is InChI=1S/C21H26N2O5/c1-23(2)17-8-5-15(6-9-17)13-22-20(24)14-28-21(25)11-16-7-10-18(26-3)12-19(16)27-4/h5-10,12H,11,13-14H2,1-4H3,(H,22,24). The van der Waals surface area contributed by atoms with Gasteiger partial charge in [-0.2, -0.15) is 0 Å². The van der Waals surface area contributed by atoms with Gasteiger partial charge in [0.25, 0.3) is 5.91 Å². The molecule has 7 nitrogen and oxygen atoms in total. The number of hydrogen-bond acceptors (Lipinski definition) is 6. The Morgan fingerprint density at radius 3 is 2.32 bits per heavy atom. The molecule has 0 aromatic heterocycles. The van der Waals surface area contributed by atoms with E-state index in [4.69, 9.17) is 14.2 Å². The van der Waals surface area contributed by atoms with Gasteiger partial charge in [-0.3, -0.25) is 9.59 Å². The molecular formula is C21H26N2O5. The number of esters is 1. The van der Waals surface area contributed by atoms with E-state index < -0.39 is 5.97 Å². The Kier molecular flexibility index (Phi) is 7.68. The number of methoxy groups -OCH3 is 2. The number of ether oxygens (including phenoxy) is 3. The quantitative estimate of drug-likeness (QED) is 0.666. The van der Waals surface area contributed by atoms with Crippen molar-refractivity contribution in [3.05, 3.63) is 53.6 Å². The number of benzene rings is 2. The first-order chi connectivity index (χ1) is 13.4. The Hall–Kier alpha value is -3.22. The third-order valence-corrected chi connectivity index (χ3v) is 4.14. The zero-order chi connectivity index (χ0) is 20.5. The van der Waals surface area contributed by atoms with Gasteiger partial charge >= 0.3 is 5.97 Å². The van der Waals surface area contributed by atoms with Crippen molar-refractivity contribution in [2.45, 2.75) is 13.0 Å². The lowest BCUT2D eigenvalue weighted by Crippen LogP contribution is -2.28. The van der Waals surface area contributed by atoms with Crippen LogP contribution in [0, 0.1) is 0 Å². The Labute approximate surface area is 165 Å². The fourth-order valence-corrected chi connectivity index (χ4v) is 2.51. The summed E-state index contributed by atoms with van der Waals surface area (Å²) in [6.45, 7) is 0.0451. The molecule has 0 aliphatic carbocycles. The van der Waals surface area contributed by atoms with Gasteiger partial charge in [0.1, 0.15) is 11.5 Å². The van der Waals surface area contributed by atoms with Gasteiger partial charge in [0.15, 0.2) is 6.61 Å². The Morgan fingerprint density at radius 1 is 1.00 bits per heavy atom. The van der Waals surface area contributed by atoms with Crippen LogP contribution in [0.15, 0.2) is 42.5 Å². The predicted molar refractivity (Wildman–Crippen MR) is 107 cm³/mol. The van der Waals surface area contributed by atoms with Crippen molar-refractivity contribution in [1.82, 2.24) is 5.32 Å². The second kappa shape index (κ2) is 10.2. The lowest BCUT2D eigenvalue weighted by molar-refractivity contribution is -0.147. The van der Waals surface area contributed by atoms with Crippen molar-refractivity contribution in [2.24, 2.45) is 0 Å². The zero-order valence-electron chi connectivity index (χ0n) is 16.7. The van der Waals surface area contributed by atoms with Gasteiger partial charge in [0, 0.05) is 38.0 Å². The Morgan fingerprint density at radius 2 is 1.71 bits per heavy atom. The summed E-state index contributed by atoms with van der Waals surface area (Å²) in [6.07, 6.45) is 0.00639. The van der Waals surface area contributed by atoms with Crippen molar-refractivity contribution in [3.8, 4) is 11.5 Å². The smallest absolute Gasteiger partial charge is 0.310 e. The van der Waals surface area contributed by atoms with Crippen molar-refractivity contribution < 1.29 is 23.8 Å². The third kappa shape index (κ3) is 6.19. The maximum absolute atomic E-state index is 12.0. The van der Waals surface area contributed by atoms with Crippen molar-refractivity contribution in [3.63, 3.8) is 0 Å². The van der Waals surface area contributed by atoms with Gasteiger partial charge in [0.05, 0.1) is 20.6 Å². The molecule has 0 saturated heterocycles. The van der Waals surface area contributed by atoms with Crippen LogP contribution in [0.1, 0.15) is 11.1 Å². The molecule has 0 atom stereocenters. The fourth-order valence-electron chi connectivity index (χ4n) is 2.51. The highest BCUT2D eigenvalue weighted by atomic mass is 16.5. The molecule has 2 aromatic rings. The topological polar surface area (TPSA) is 77.1 Å². The largest absolute Gasteiger partial charge is 0.497 e. The lowest BCUT2D eigenvalue weighted by Gasteiger charge is -2.13. The van der Waals surface area contributed by atoms with Gasteiger partial charge in [-0.1, -0.05) is 18.2 Å². The minimum absolute atomic E-state index is 0.00639. The van der Waals surface area contributed by atoms with Crippen LogP contribution in [0.25, 0.3) is 0 Å². The van der Waals surface area contributed by atoms with E-state index >= 15 is 0 Å². The normalized spacial score (nSPS) is 10.1. The van der Waals surface area contributed by atoms with Crippen LogP contribution in [0.3, 0.4) is 0 Å². The summed E-state index contributed by atoms with van der Waals surface area (Å²) in [5.41, 5.74) is 2.71. The van der Waals surface area contributed by atoms with Gasteiger partial charge in [-0.25, -0.2) is 0 Å². The molecule has 0 aliphatic rings. The van der Waals surface area contributed by atoms with Gasteiger partial charge in [-0.05, 0) is 23.8 Å². The van der Waals surface area contributed by atoms with Gasteiger partial charge < -0.3 is 24.4 Å². The van der Waals surface area contributed by atoms with Crippen LogP contribution in [0.5, 0.6) is 11.5 Å². The summed E-state index contributed by atoms with van der Waals surface area (Å²) in [5.74, 6) is 0.301. The number of carbonyl (C=O) groups is 2. The molecule has 1 amide bonds. The van der Waals surface area contributed by atoms with Crippen molar-refractivity contribution in [1.29, 1.82) is 0 Å². The summed E-state index contributed by atoms with van der Waals surface area (Å²) >= 11 is 0. The molecule has 0 heterocycles. The molecule has 2 rings (SSSR count). The first-order valence-electron chi connectivity index (χ1n) is 8.82. The van der Waals surface area contributed by atoms with Gasteiger partial charge in [-0.15, -0.1) is 0 Å². The molecule has 1 N–H and O–H groups in total. The van der Waals surface area contributed by atoms with Crippen LogP contribution < -0.4 is 19.7 Å². The molecular weight excluding hydrogens is 360 g/mol. The van der Waals surface area contributed by atoms with E-state index in [9.17, 15) is 9.59 Å². The molecule has 0 aliphatic heterocycles. The molecule has 0 fully saturated rings. The van der Waals surface area contributed by atoms with Crippen LogP contribution in [-0.2, 0) is 27.3 Å².